The van der Waals surface area contributed by atoms with Crippen LogP contribution in [0.5, 0.6) is 5.75 Å². The average Bonchev–Trinajstić information content (AvgIpc) is 2.95. The second-order valence-electron chi connectivity index (χ2n) is 8.93. The van der Waals surface area contributed by atoms with Gasteiger partial charge in [-0.05, 0) is 56.8 Å². The molecule has 0 spiro atoms. The predicted octanol–water partition coefficient (Wildman–Crippen LogP) is 4.23. The maximum absolute atomic E-state index is 14.7. The van der Waals surface area contributed by atoms with Crippen LogP contribution < -0.4 is 4.74 Å². The van der Waals surface area contributed by atoms with Crippen molar-refractivity contribution in [1.82, 2.24) is 9.21 Å². The Balaban J connectivity index is 3.25. The number of halogens is 1. The number of ether oxygens (including phenoxy) is 1. The first-order chi connectivity index (χ1) is 21.5. The molecule has 2 atom stereocenters. The lowest BCUT2D eigenvalue weighted by molar-refractivity contribution is 0.000538. The minimum atomic E-state index is -5.33. The molecule has 0 aliphatic rings. The van der Waals surface area contributed by atoms with Gasteiger partial charge in [0.2, 0.25) is 11.5 Å². The summed E-state index contributed by atoms with van der Waals surface area (Å²) < 4.78 is 151. The molecule has 0 bridgehead atoms. The van der Waals surface area contributed by atoms with Gasteiger partial charge in [-0.1, -0.05) is 44.1 Å². The monoisotopic (exact) mass is 536 g/mol. The fourth-order valence-electron chi connectivity index (χ4n) is 3.00. The van der Waals surface area contributed by atoms with Crippen molar-refractivity contribution in [3.05, 3.63) is 59.8 Å². The Hall–Kier alpha value is -2.69. The topological polar surface area (TPSA) is 107 Å². The molecule has 0 radical (unpaired) electrons. The molecular weight excluding hydrogens is 487 g/mol. The maximum Gasteiger partial charge on any atom is 0.408 e. The highest BCUT2D eigenvalue weighted by molar-refractivity contribution is 7.89. The minimum absolute atomic E-state index is 0.0997. The van der Waals surface area contributed by atoms with Crippen molar-refractivity contribution < 1.29 is 47.6 Å². The molecule has 0 aromatic heterocycles. The molecule has 2 rings (SSSR count). The zero-order valence-electron chi connectivity index (χ0n) is 32.7. The number of aliphatic hydroxyl groups is 1. The highest BCUT2D eigenvalue weighted by Gasteiger charge is 2.39. The lowest BCUT2D eigenvalue weighted by Crippen LogP contribution is -2.58. The number of hydrogen-bond donors (Lipinski definition) is 2. The van der Waals surface area contributed by atoms with Crippen molar-refractivity contribution in [2.75, 3.05) is 20.2 Å². The fraction of sp³-hybridized carbons (Fsp3) is 0.500. The molecule has 0 aliphatic heterocycles. The summed E-state index contributed by atoms with van der Waals surface area (Å²) in [5, 5.41) is 14.9. The van der Waals surface area contributed by atoms with E-state index in [4.69, 9.17) is 18.5 Å². The van der Waals surface area contributed by atoms with E-state index in [1.165, 1.54) is 13.8 Å². The highest BCUT2D eigenvalue weighted by Crippen LogP contribution is 2.27. The number of carboxylic acid groups (broad SMARTS) is 1. The summed E-state index contributed by atoms with van der Waals surface area (Å²) >= 11 is 0. The van der Waals surface area contributed by atoms with Gasteiger partial charge in [0.05, 0.1) is 33.7 Å². The lowest BCUT2D eigenvalue weighted by atomic mass is 9.94. The van der Waals surface area contributed by atoms with Gasteiger partial charge in [0.1, 0.15) is 0 Å². The number of hydrogen-bond acceptors (Lipinski definition) is 5. The normalized spacial score (nSPS) is 21.4. The molecular formula is C26H37FN2O6S. The number of carbonyl (C=O) groups is 1. The van der Waals surface area contributed by atoms with Crippen molar-refractivity contribution in [3.63, 3.8) is 0 Å². The van der Waals surface area contributed by atoms with E-state index in [0.717, 1.165) is 40.0 Å². The van der Waals surface area contributed by atoms with Crippen LogP contribution in [0.3, 0.4) is 0 Å². The van der Waals surface area contributed by atoms with Gasteiger partial charge in [-0.25, -0.2) is 17.6 Å². The molecule has 2 aromatic rings. The zero-order valence-corrected chi connectivity index (χ0v) is 21.5. The third kappa shape index (κ3) is 7.41. The van der Waals surface area contributed by atoms with E-state index in [1.54, 1.807) is 0 Å². The van der Waals surface area contributed by atoms with Gasteiger partial charge >= 0.3 is 6.09 Å². The van der Waals surface area contributed by atoms with Gasteiger partial charge in [-0.2, -0.15) is 4.31 Å². The quantitative estimate of drug-likeness (QED) is 0.420. The van der Waals surface area contributed by atoms with E-state index >= 15 is 0 Å². The van der Waals surface area contributed by atoms with Crippen molar-refractivity contribution in [2.45, 2.75) is 63.5 Å². The molecule has 36 heavy (non-hydrogen) atoms. The molecule has 2 N–H and O–H groups in total. The van der Waals surface area contributed by atoms with Crippen molar-refractivity contribution in [2.24, 2.45) is 5.92 Å². The van der Waals surface area contributed by atoms with Crippen LogP contribution in [0, 0.1) is 11.7 Å². The molecule has 10 heteroatoms. The predicted molar refractivity (Wildman–Crippen MR) is 136 cm³/mol. The number of sulfonamides is 1. The Bertz CT molecular complexity index is 1650. The number of methoxy groups -OCH3 is 1. The molecule has 1 amide bonds. The average molecular weight is 537 g/mol. The number of nitrogens with zero attached hydrogens (tertiary/aromatic N) is 2. The second kappa shape index (κ2) is 12.0. The van der Waals surface area contributed by atoms with Crippen LogP contribution in [0.4, 0.5) is 9.18 Å². The molecule has 200 valence electrons. The van der Waals surface area contributed by atoms with Gasteiger partial charge < -0.3 is 15.0 Å². The Labute approximate surface area is 230 Å². The van der Waals surface area contributed by atoms with Gasteiger partial charge in [0.15, 0.2) is 11.6 Å². The molecule has 0 heterocycles. The third-order valence-electron chi connectivity index (χ3n) is 4.51. The van der Waals surface area contributed by atoms with Gasteiger partial charge in [0, 0.05) is 24.1 Å². The second-order valence-corrected chi connectivity index (χ2v) is 10.8. The maximum atomic E-state index is 14.7. The van der Waals surface area contributed by atoms with Crippen molar-refractivity contribution in [1.29, 1.82) is 1.43 Å². The van der Waals surface area contributed by atoms with Crippen molar-refractivity contribution >= 4 is 16.1 Å². The van der Waals surface area contributed by atoms with E-state index in [9.17, 15) is 25.5 Å². The summed E-state index contributed by atoms with van der Waals surface area (Å²) in [4.78, 5) is 11.9. The fourth-order valence-corrected chi connectivity index (χ4v) is 4.44. The minimum Gasteiger partial charge on any atom is -0.494 e. The summed E-state index contributed by atoms with van der Waals surface area (Å²) in [6.45, 7) is 1.05. The van der Waals surface area contributed by atoms with E-state index in [2.05, 4.69) is 5.11 Å². The number of amides is 1. The van der Waals surface area contributed by atoms with Crippen LogP contribution in [0.25, 0.3) is 0 Å². The Morgan fingerprint density at radius 3 is 2.39 bits per heavy atom. The van der Waals surface area contributed by atoms with Crippen LogP contribution in [0.1, 0.15) is 55.3 Å². The van der Waals surface area contributed by atoms with E-state index in [0.29, 0.717) is 6.07 Å². The molecule has 0 saturated carbocycles. The Kier molecular flexibility index (Phi) is 5.42. The first kappa shape index (κ1) is 16.2. The first-order valence-electron chi connectivity index (χ1n) is 16.6. The smallest absolute Gasteiger partial charge is 0.408 e. The highest BCUT2D eigenvalue weighted by atomic mass is 32.2. The standard InChI is InChI=1S/C26H37FN2O6S/c1-18(2)16-28(36(33,34)20-12-13-24(35-6)21(27)15-20)17-23(30)22(14-19-10-8-7-9-11-19)29(25(31)32)26(3,4)5/h7-13,15,18,22-23,30H,14,16-17H2,1-6H3,(H,31,32)/t22-,23+/m0/s1/i7D,8D,9D,10D,11D,14D2,17D2,22D,23D,30D. The summed E-state index contributed by atoms with van der Waals surface area (Å²) in [5.74, 6) is -2.41. The summed E-state index contributed by atoms with van der Waals surface area (Å²) in [6.07, 6.45) is -10.6. The van der Waals surface area contributed by atoms with Crippen LogP contribution in [-0.4, -0.2) is 73.2 Å². The summed E-state index contributed by atoms with van der Waals surface area (Å²) in [5.41, 5.74) is -3.41. The van der Waals surface area contributed by atoms with Crippen LogP contribution in [0.2, 0.25) is 0 Å². The summed E-state index contributed by atoms with van der Waals surface area (Å²) in [7, 11) is -4.24. The lowest BCUT2D eigenvalue weighted by Gasteiger charge is -2.42. The largest absolute Gasteiger partial charge is 0.494 e. The first-order valence-corrected chi connectivity index (χ1v) is 12.1. The van der Waals surface area contributed by atoms with Crippen LogP contribution in [-0.2, 0) is 16.4 Å². The molecule has 2 aromatic carbocycles. The van der Waals surface area contributed by atoms with Gasteiger partial charge in [-0.15, -0.1) is 0 Å². The van der Waals surface area contributed by atoms with Gasteiger partial charge in [-0.3, -0.25) is 4.90 Å². The van der Waals surface area contributed by atoms with Gasteiger partial charge in [0.25, 0.3) is 0 Å². The summed E-state index contributed by atoms with van der Waals surface area (Å²) in [6, 6.07) is -7.90. The van der Waals surface area contributed by atoms with Crippen LogP contribution in [0.15, 0.2) is 53.3 Å². The third-order valence-corrected chi connectivity index (χ3v) is 6.18. The number of benzene rings is 2. The molecule has 0 saturated heterocycles. The molecule has 0 unspecified atom stereocenters. The number of rotatable bonds is 12. The van der Waals surface area contributed by atoms with E-state index < -0.39 is 111 Å². The van der Waals surface area contributed by atoms with Crippen molar-refractivity contribution in [3.8, 4) is 5.75 Å². The van der Waals surface area contributed by atoms with E-state index in [-0.39, 0.29) is 9.21 Å². The molecule has 0 fully saturated rings. The van der Waals surface area contributed by atoms with Crippen LogP contribution >= 0.6 is 0 Å². The Morgan fingerprint density at radius 2 is 1.92 bits per heavy atom. The zero-order chi connectivity index (χ0) is 37.7. The van der Waals surface area contributed by atoms with E-state index in [1.807, 2.05) is 0 Å². The Morgan fingerprint density at radius 1 is 1.28 bits per heavy atom. The molecule has 0 aliphatic carbocycles. The SMILES string of the molecule is [2H]O[C@]([2H])(C([2H])([2H])N(CC(C)C)S(=O)(=O)c1ccc(OC)c(F)c1)[C@@]([2H])(N(C(=O)O)C(C)(C)C)C([2H])([2H])c1c([2H])c([2H])c([2H])c([2H])c1[2H]. The molecule has 8 nitrogen and oxygen atoms in total.